The number of aromatic nitrogens is 1. The highest BCUT2D eigenvalue weighted by Crippen LogP contribution is 2.24. The Morgan fingerprint density at radius 1 is 1.25 bits per heavy atom. The lowest BCUT2D eigenvalue weighted by molar-refractivity contribution is 0.414. The Hall–Kier alpha value is -3.20. The maximum absolute atomic E-state index is 14.3. The molecular weight excluding hydrogens is 314 g/mol. The molecule has 0 aliphatic carbocycles. The molecule has 0 atom stereocenters. The van der Waals surface area contributed by atoms with Gasteiger partial charge in [0.15, 0.2) is 11.6 Å². The van der Waals surface area contributed by atoms with Crippen LogP contribution in [0.2, 0.25) is 0 Å². The molecule has 0 bridgehead atoms. The topological polar surface area (TPSA) is 65.9 Å². The third-order valence-corrected chi connectivity index (χ3v) is 3.83. The number of aromatic amines is 1. The van der Waals surface area contributed by atoms with Crippen LogP contribution in [-0.4, -0.2) is 12.1 Å². The highest BCUT2D eigenvalue weighted by atomic mass is 19.2. The van der Waals surface area contributed by atoms with Gasteiger partial charge in [0, 0.05) is 18.2 Å². The van der Waals surface area contributed by atoms with E-state index in [1.165, 1.54) is 13.3 Å². The minimum atomic E-state index is -1.12. The van der Waals surface area contributed by atoms with E-state index in [9.17, 15) is 13.6 Å². The van der Waals surface area contributed by atoms with Gasteiger partial charge >= 0.3 is 0 Å². The molecule has 6 heteroatoms. The van der Waals surface area contributed by atoms with Gasteiger partial charge in [0.05, 0.1) is 18.0 Å². The van der Waals surface area contributed by atoms with Crippen molar-refractivity contribution >= 4 is 10.9 Å². The fourth-order valence-corrected chi connectivity index (χ4v) is 2.57. The summed E-state index contributed by atoms with van der Waals surface area (Å²) in [6.07, 6.45) is 1.30. The van der Waals surface area contributed by atoms with Crippen molar-refractivity contribution in [3.05, 3.63) is 75.1 Å². The Kier molecular flexibility index (Phi) is 4.00. The summed E-state index contributed by atoms with van der Waals surface area (Å²) in [6.45, 7) is 0. The first-order valence-electron chi connectivity index (χ1n) is 7.10. The molecule has 1 N–H and O–H groups in total. The average molecular weight is 326 g/mol. The second-order valence-corrected chi connectivity index (χ2v) is 5.24. The molecule has 120 valence electrons. The van der Waals surface area contributed by atoms with Crippen molar-refractivity contribution in [2.45, 2.75) is 6.42 Å². The first-order valence-corrected chi connectivity index (χ1v) is 7.10. The molecule has 1 aromatic heterocycles. The largest absolute Gasteiger partial charge is 0.497 e. The molecule has 4 nitrogen and oxygen atoms in total. The number of methoxy groups -OCH3 is 1. The van der Waals surface area contributed by atoms with Gasteiger partial charge in [-0.05, 0) is 23.8 Å². The maximum Gasteiger partial charge on any atom is 0.207 e. The lowest BCUT2D eigenvalue weighted by Gasteiger charge is -2.10. The Balaban J connectivity index is 2.19. The Bertz CT molecular complexity index is 1020. The number of nitriles is 1. The van der Waals surface area contributed by atoms with Crippen molar-refractivity contribution in [2.75, 3.05) is 7.11 Å². The second kappa shape index (κ2) is 6.13. The third kappa shape index (κ3) is 2.61. The normalized spacial score (nSPS) is 10.6. The fraction of sp³-hybridized carbons (Fsp3) is 0.111. The second-order valence-electron chi connectivity index (χ2n) is 5.24. The van der Waals surface area contributed by atoms with Gasteiger partial charge in [-0.25, -0.2) is 8.78 Å². The van der Waals surface area contributed by atoms with Gasteiger partial charge in [-0.3, -0.25) is 4.79 Å². The van der Waals surface area contributed by atoms with Crippen molar-refractivity contribution in [1.82, 2.24) is 4.98 Å². The van der Waals surface area contributed by atoms with E-state index in [1.54, 1.807) is 30.3 Å². The van der Waals surface area contributed by atoms with Crippen LogP contribution in [-0.2, 0) is 6.42 Å². The smallest absolute Gasteiger partial charge is 0.207 e. The average Bonchev–Trinajstić information content (AvgIpc) is 2.60. The van der Waals surface area contributed by atoms with Crippen molar-refractivity contribution < 1.29 is 13.5 Å². The maximum atomic E-state index is 14.3. The molecule has 0 saturated heterocycles. The van der Waals surface area contributed by atoms with Crippen LogP contribution in [0.3, 0.4) is 0 Å². The fourth-order valence-electron chi connectivity index (χ4n) is 2.57. The molecule has 0 aliphatic rings. The van der Waals surface area contributed by atoms with Gasteiger partial charge in [0.2, 0.25) is 5.43 Å². The van der Waals surface area contributed by atoms with E-state index >= 15 is 0 Å². The van der Waals surface area contributed by atoms with Gasteiger partial charge < -0.3 is 9.72 Å². The summed E-state index contributed by atoms with van der Waals surface area (Å²) in [6, 6.07) is 9.44. The first-order chi connectivity index (χ1) is 11.5. The van der Waals surface area contributed by atoms with Crippen LogP contribution in [0.25, 0.3) is 10.9 Å². The SMILES string of the molecule is COc1ccc(Cc2c(F)c(F)cc3c(=O)c(C#N)c[nH]c23)cc1. The zero-order valence-corrected chi connectivity index (χ0v) is 12.7. The molecule has 0 aliphatic heterocycles. The van der Waals surface area contributed by atoms with Crippen LogP contribution in [0.1, 0.15) is 16.7 Å². The summed E-state index contributed by atoms with van der Waals surface area (Å²) in [5.41, 5.74) is 0.183. The number of benzene rings is 2. The number of ether oxygens (including phenoxy) is 1. The van der Waals surface area contributed by atoms with Gasteiger partial charge in [-0.2, -0.15) is 5.26 Å². The third-order valence-electron chi connectivity index (χ3n) is 3.83. The van der Waals surface area contributed by atoms with Crippen molar-refractivity contribution in [2.24, 2.45) is 0 Å². The summed E-state index contributed by atoms with van der Waals surface area (Å²) in [5.74, 6) is -1.49. The van der Waals surface area contributed by atoms with Crippen molar-refractivity contribution in [3.8, 4) is 11.8 Å². The van der Waals surface area contributed by atoms with E-state index in [0.717, 1.165) is 11.6 Å². The van der Waals surface area contributed by atoms with Gasteiger partial charge in [0.25, 0.3) is 0 Å². The van der Waals surface area contributed by atoms with Crippen LogP contribution in [0, 0.1) is 23.0 Å². The van der Waals surface area contributed by atoms with Crippen LogP contribution < -0.4 is 10.2 Å². The van der Waals surface area contributed by atoms with E-state index in [1.807, 2.05) is 0 Å². The molecule has 3 aromatic rings. The number of H-pyrrole nitrogens is 1. The number of nitrogens with one attached hydrogen (secondary N) is 1. The number of fused-ring (bicyclic) bond motifs is 1. The monoisotopic (exact) mass is 326 g/mol. The molecule has 0 radical (unpaired) electrons. The molecule has 2 aromatic carbocycles. The molecule has 1 heterocycles. The van der Waals surface area contributed by atoms with Crippen LogP contribution in [0.4, 0.5) is 8.78 Å². The molecule has 0 fully saturated rings. The Morgan fingerprint density at radius 3 is 2.58 bits per heavy atom. The standard InChI is InChI=1S/C18H12F2N2O2/c1-24-12-4-2-10(3-5-12)6-13-16(20)15(19)7-14-17(13)22-9-11(8-21)18(14)23/h2-5,7,9H,6H2,1H3,(H,22,23). The van der Waals surface area contributed by atoms with Gasteiger partial charge in [-0.15, -0.1) is 0 Å². The van der Waals surface area contributed by atoms with Gasteiger partial charge in [0.1, 0.15) is 17.4 Å². The van der Waals surface area contributed by atoms with Crippen LogP contribution in [0.5, 0.6) is 5.75 Å². The summed E-state index contributed by atoms with van der Waals surface area (Å²) in [7, 11) is 1.53. The summed E-state index contributed by atoms with van der Waals surface area (Å²) >= 11 is 0. The number of hydrogen-bond donors (Lipinski definition) is 1. The predicted molar refractivity (Wildman–Crippen MR) is 85.0 cm³/mol. The van der Waals surface area contributed by atoms with E-state index in [-0.39, 0.29) is 28.5 Å². The molecule has 0 unspecified atom stereocenters. The number of halogens is 2. The zero-order valence-electron chi connectivity index (χ0n) is 12.7. The van der Waals surface area contributed by atoms with E-state index in [4.69, 9.17) is 10.00 Å². The van der Waals surface area contributed by atoms with Crippen LogP contribution >= 0.6 is 0 Å². The number of rotatable bonds is 3. The highest BCUT2D eigenvalue weighted by molar-refractivity contribution is 5.83. The summed E-state index contributed by atoms with van der Waals surface area (Å²) < 4.78 is 33.3. The zero-order chi connectivity index (χ0) is 17.3. The molecule has 0 spiro atoms. The molecule has 24 heavy (non-hydrogen) atoms. The van der Waals surface area contributed by atoms with E-state index in [0.29, 0.717) is 5.75 Å². The number of hydrogen-bond acceptors (Lipinski definition) is 3. The Labute approximate surface area is 135 Å². The minimum absolute atomic E-state index is 0.0387. The van der Waals surface area contributed by atoms with E-state index < -0.39 is 17.1 Å². The van der Waals surface area contributed by atoms with Crippen molar-refractivity contribution in [1.29, 1.82) is 5.26 Å². The quantitative estimate of drug-likeness (QED) is 0.803. The lowest BCUT2D eigenvalue weighted by atomic mass is 10.00. The molecule has 3 rings (SSSR count). The highest BCUT2D eigenvalue weighted by Gasteiger charge is 2.17. The Morgan fingerprint density at radius 2 is 1.96 bits per heavy atom. The molecular formula is C18H12F2N2O2. The number of pyridine rings is 1. The van der Waals surface area contributed by atoms with Crippen LogP contribution in [0.15, 0.2) is 41.3 Å². The predicted octanol–water partition coefficient (Wildman–Crippen LogP) is 3.28. The molecule has 0 amide bonds. The van der Waals surface area contributed by atoms with Gasteiger partial charge in [-0.1, -0.05) is 12.1 Å². The minimum Gasteiger partial charge on any atom is -0.497 e. The first kappa shape index (κ1) is 15.7. The summed E-state index contributed by atoms with van der Waals surface area (Å²) in [5, 5.41) is 8.86. The lowest BCUT2D eigenvalue weighted by Crippen LogP contribution is -2.11. The van der Waals surface area contributed by atoms with E-state index in [2.05, 4.69) is 4.98 Å². The number of nitrogens with zero attached hydrogens (tertiary/aromatic N) is 1. The van der Waals surface area contributed by atoms with Crippen molar-refractivity contribution in [3.63, 3.8) is 0 Å². The summed E-state index contributed by atoms with van der Waals surface area (Å²) in [4.78, 5) is 14.9. The molecule has 0 saturated carbocycles.